The van der Waals surface area contributed by atoms with Crippen LogP contribution in [-0.2, 0) is 6.54 Å². The highest BCUT2D eigenvalue weighted by Crippen LogP contribution is 2.27. The van der Waals surface area contributed by atoms with Crippen molar-refractivity contribution in [3.63, 3.8) is 0 Å². The SMILES string of the molecule is COc1ccc(CNC(=O)c2c(Cl)cccc2OCC(C)C)cn1. The van der Waals surface area contributed by atoms with Crippen LogP contribution in [0.15, 0.2) is 36.5 Å². The number of pyridine rings is 1. The third kappa shape index (κ3) is 4.86. The molecule has 0 atom stereocenters. The number of nitrogens with one attached hydrogen (secondary N) is 1. The van der Waals surface area contributed by atoms with E-state index in [9.17, 15) is 4.79 Å². The molecule has 0 radical (unpaired) electrons. The quantitative estimate of drug-likeness (QED) is 0.828. The van der Waals surface area contributed by atoms with E-state index in [1.54, 1.807) is 37.6 Å². The van der Waals surface area contributed by atoms with Gasteiger partial charge in [0.25, 0.3) is 5.91 Å². The van der Waals surface area contributed by atoms with Crippen molar-refractivity contribution in [2.45, 2.75) is 20.4 Å². The molecule has 0 saturated carbocycles. The molecule has 0 saturated heterocycles. The largest absolute Gasteiger partial charge is 0.492 e. The zero-order chi connectivity index (χ0) is 17.5. The average Bonchev–Trinajstić information content (AvgIpc) is 2.58. The number of carbonyl (C=O) groups is 1. The van der Waals surface area contributed by atoms with Gasteiger partial charge in [-0.25, -0.2) is 4.98 Å². The van der Waals surface area contributed by atoms with Gasteiger partial charge in [0.15, 0.2) is 0 Å². The number of amides is 1. The van der Waals surface area contributed by atoms with E-state index >= 15 is 0 Å². The highest BCUT2D eigenvalue weighted by Gasteiger charge is 2.17. The molecule has 0 bridgehead atoms. The van der Waals surface area contributed by atoms with E-state index in [1.807, 2.05) is 19.9 Å². The van der Waals surface area contributed by atoms with Gasteiger partial charge >= 0.3 is 0 Å². The van der Waals surface area contributed by atoms with Crippen LogP contribution < -0.4 is 14.8 Å². The van der Waals surface area contributed by atoms with E-state index < -0.39 is 0 Å². The topological polar surface area (TPSA) is 60.5 Å². The Morgan fingerprint density at radius 1 is 1.29 bits per heavy atom. The van der Waals surface area contributed by atoms with Crippen molar-refractivity contribution in [2.75, 3.05) is 13.7 Å². The second-order valence-corrected chi connectivity index (χ2v) is 6.12. The molecule has 1 heterocycles. The van der Waals surface area contributed by atoms with E-state index in [4.69, 9.17) is 21.1 Å². The molecule has 24 heavy (non-hydrogen) atoms. The molecule has 1 aromatic heterocycles. The van der Waals surface area contributed by atoms with Crippen LogP contribution in [0.2, 0.25) is 5.02 Å². The zero-order valence-electron chi connectivity index (χ0n) is 14.0. The van der Waals surface area contributed by atoms with Crippen LogP contribution in [0, 0.1) is 5.92 Å². The summed E-state index contributed by atoms with van der Waals surface area (Å²) in [6.07, 6.45) is 1.65. The Kier molecular flexibility index (Phi) is 6.44. The van der Waals surface area contributed by atoms with Crippen LogP contribution in [0.25, 0.3) is 0 Å². The number of nitrogens with zero attached hydrogens (tertiary/aromatic N) is 1. The zero-order valence-corrected chi connectivity index (χ0v) is 14.8. The Morgan fingerprint density at radius 3 is 2.71 bits per heavy atom. The molecule has 128 valence electrons. The summed E-state index contributed by atoms with van der Waals surface area (Å²) in [5, 5.41) is 3.20. The van der Waals surface area contributed by atoms with E-state index in [0.717, 1.165) is 5.56 Å². The second kappa shape index (κ2) is 8.55. The lowest BCUT2D eigenvalue weighted by atomic mass is 10.1. The van der Waals surface area contributed by atoms with Crippen molar-refractivity contribution >= 4 is 17.5 Å². The smallest absolute Gasteiger partial charge is 0.256 e. The Bertz CT molecular complexity index is 687. The number of halogens is 1. The molecular formula is C18H21ClN2O3. The molecule has 1 N–H and O–H groups in total. The molecule has 0 fully saturated rings. The van der Waals surface area contributed by atoms with Gasteiger partial charge in [0.1, 0.15) is 5.75 Å². The third-order valence-electron chi connectivity index (χ3n) is 3.23. The molecule has 0 unspecified atom stereocenters. The maximum absolute atomic E-state index is 12.5. The van der Waals surface area contributed by atoms with Gasteiger partial charge in [0.05, 0.1) is 24.3 Å². The predicted octanol–water partition coefficient (Wildman–Crippen LogP) is 3.71. The van der Waals surface area contributed by atoms with E-state index in [0.29, 0.717) is 41.3 Å². The minimum absolute atomic E-state index is 0.282. The molecule has 6 heteroatoms. The Balaban J connectivity index is 2.07. The summed E-state index contributed by atoms with van der Waals surface area (Å²) in [7, 11) is 1.56. The molecule has 0 aliphatic heterocycles. The number of rotatable bonds is 7. The van der Waals surface area contributed by atoms with Crippen molar-refractivity contribution in [1.29, 1.82) is 0 Å². The van der Waals surface area contributed by atoms with Crippen LogP contribution in [-0.4, -0.2) is 24.6 Å². The van der Waals surface area contributed by atoms with Crippen molar-refractivity contribution in [3.05, 3.63) is 52.7 Å². The lowest BCUT2D eigenvalue weighted by Gasteiger charge is -2.14. The van der Waals surface area contributed by atoms with Crippen molar-refractivity contribution in [3.8, 4) is 11.6 Å². The second-order valence-electron chi connectivity index (χ2n) is 5.71. The lowest BCUT2D eigenvalue weighted by molar-refractivity contribution is 0.0946. The number of aromatic nitrogens is 1. The normalized spacial score (nSPS) is 10.5. The summed E-state index contributed by atoms with van der Waals surface area (Å²) in [6.45, 7) is 4.94. The molecule has 1 aromatic carbocycles. The summed E-state index contributed by atoms with van der Waals surface area (Å²) in [5.74, 6) is 1.09. The number of hydrogen-bond acceptors (Lipinski definition) is 4. The summed E-state index contributed by atoms with van der Waals surface area (Å²) in [4.78, 5) is 16.6. The summed E-state index contributed by atoms with van der Waals surface area (Å²) in [5.41, 5.74) is 1.21. The maximum atomic E-state index is 12.5. The number of ether oxygens (including phenoxy) is 2. The maximum Gasteiger partial charge on any atom is 0.256 e. The Hall–Kier alpha value is -2.27. The highest BCUT2D eigenvalue weighted by atomic mass is 35.5. The Labute approximate surface area is 147 Å². The van der Waals surface area contributed by atoms with Gasteiger partial charge in [-0.1, -0.05) is 37.6 Å². The number of benzene rings is 1. The highest BCUT2D eigenvalue weighted by molar-refractivity contribution is 6.34. The van der Waals surface area contributed by atoms with Crippen LogP contribution in [0.4, 0.5) is 0 Å². The standard InChI is InChI=1S/C18H21ClN2O3/c1-12(2)11-24-15-6-4-5-14(19)17(15)18(22)21-10-13-7-8-16(23-3)20-9-13/h4-9,12H,10-11H2,1-3H3,(H,21,22). The minimum Gasteiger partial charge on any atom is -0.492 e. The van der Waals surface area contributed by atoms with E-state index in [-0.39, 0.29) is 5.91 Å². The first-order chi connectivity index (χ1) is 11.5. The van der Waals surface area contributed by atoms with Crippen LogP contribution in [0.3, 0.4) is 0 Å². The van der Waals surface area contributed by atoms with Gasteiger partial charge in [0.2, 0.25) is 5.88 Å². The first-order valence-electron chi connectivity index (χ1n) is 7.69. The molecule has 0 aliphatic rings. The fourth-order valence-corrected chi connectivity index (χ4v) is 2.26. The monoisotopic (exact) mass is 348 g/mol. The van der Waals surface area contributed by atoms with Crippen molar-refractivity contribution in [1.82, 2.24) is 10.3 Å². The predicted molar refractivity (Wildman–Crippen MR) is 93.7 cm³/mol. The third-order valence-corrected chi connectivity index (χ3v) is 3.55. The summed E-state index contributed by atoms with van der Waals surface area (Å²) < 4.78 is 10.7. The van der Waals surface area contributed by atoms with Crippen LogP contribution >= 0.6 is 11.6 Å². The lowest BCUT2D eigenvalue weighted by Crippen LogP contribution is -2.24. The van der Waals surface area contributed by atoms with Gasteiger partial charge in [-0.05, 0) is 23.6 Å². The number of hydrogen-bond donors (Lipinski definition) is 1. The number of carbonyl (C=O) groups excluding carboxylic acids is 1. The molecule has 0 aliphatic carbocycles. The Morgan fingerprint density at radius 2 is 2.08 bits per heavy atom. The van der Waals surface area contributed by atoms with Gasteiger partial charge in [-0.3, -0.25) is 4.79 Å². The van der Waals surface area contributed by atoms with Crippen molar-refractivity contribution in [2.24, 2.45) is 5.92 Å². The van der Waals surface area contributed by atoms with Gasteiger partial charge in [0, 0.05) is 18.8 Å². The molecular weight excluding hydrogens is 328 g/mol. The summed E-state index contributed by atoms with van der Waals surface area (Å²) in [6, 6.07) is 8.77. The molecule has 2 aromatic rings. The van der Waals surface area contributed by atoms with E-state index in [2.05, 4.69) is 10.3 Å². The molecule has 5 nitrogen and oxygen atoms in total. The van der Waals surface area contributed by atoms with Crippen molar-refractivity contribution < 1.29 is 14.3 Å². The van der Waals surface area contributed by atoms with Gasteiger partial charge in [-0.2, -0.15) is 0 Å². The fourth-order valence-electron chi connectivity index (χ4n) is 2.01. The average molecular weight is 349 g/mol. The summed E-state index contributed by atoms with van der Waals surface area (Å²) >= 11 is 6.19. The molecule has 0 spiro atoms. The first-order valence-corrected chi connectivity index (χ1v) is 8.07. The minimum atomic E-state index is -0.282. The molecule has 2 rings (SSSR count). The van der Waals surface area contributed by atoms with E-state index in [1.165, 1.54) is 0 Å². The van der Waals surface area contributed by atoms with Crippen LogP contribution in [0.1, 0.15) is 29.8 Å². The number of methoxy groups -OCH3 is 1. The molecule has 1 amide bonds. The van der Waals surface area contributed by atoms with Gasteiger partial charge < -0.3 is 14.8 Å². The fraction of sp³-hybridized carbons (Fsp3) is 0.333. The van der Waals surface area contributed by atoms with Gasteiger partial charge in [-0.15, -0.1) is 0 Å². The first kappa shape index (κ1) is 18.1. The van der Waals surface area contributed by atoms with Crippen LogP contribution in [0.5, 0.6) is 11.6 Å².